The molecule has 1 aliphatic rings. The van der Waals surface area contributed by atoms with Gasteiger partial charge in [0.25, 0.3) is 0 Å². The molecule has 47 heavy (non-hydrogen) atoms. The van der Waals surface area contributed by atoms with Gasteiger partial charge in [-0.25, -0.2) is 9.97 Å². The topological polar surface area (TPSA) is 38.7 Å². The van der Waals surface area contributed by atoms with Crippen molar-refractivity contribution < 1.29 is 0 Å². The van der Waals surface area contributed by atoms with Gasteiger partial charge >= 0.3 is 0 Å². The van der Waals surface area contributed by atoms with Crippen LogP contribution in [-0.2, 0) is 5.41 Å². The second-order valence-electron chi connectivity index (χ2n) is 12.8. The van der Waals surface area contributed by atoms with E-state index in [1.807, 2.05) is 42.7 Å². The maximum Gasteiger partial charge on any atom is 0.161 e. The smallest absolute Gasteiger partial charge is 0.161 e. The fraction of sp³-hybridized carbons (Fsp3) is 0.0682. The summed E-state index contributed by atoms with van der Waals surface area (Å²) in [5.74, 6) is 0.707. The van der Waals surface area contributed by atoms with Crippen molar-refractivity contribution in [1.29, 1.82) is 0 Å². The Balaban J connectivity index is 1.26. The second kappa shape index (κ2) is 10.6. The molecule has 0 aliphatic heterocycles. The molecule has 8 aromatic rings. The first kappa shape index (κ1) is 27.4. The van der Waals surface area contributed by atoms with Crippen LogP contribution in [0.3, 0.4) is 0 Å². The SMILES string of the molecule is CC1(C)c2c(cccc2-c2ccc(-c3nc(-c4ccccc4)cc(-c4ccncc4)n3)c3ccccc23)-c2ccc3ccccc3c21. The van der Waals surface area contributed by atoms with Crippen molar-refractivity contribution in [3.05, 3.63) is 163 Å². The van der Waals surface area contributed by atoms with Gasteiger partial charge in [0.1, 0.15) is 0 Å². The van der Waals surface area contributed by atoms with Gasteiger partial charge in [0, 0.05) is 34.5 Å². The van der Waals surface area contributed by atoms with Gasteiger partial charge in [0.05, 0.1) is 11.4 Å². The second-order valence-corrected chi connectivity index (χ2v) is 12.8. The number of aromatic nitrogens is 3. The predicted octanol–water partition coefficient (Wildman–Crippen LogP) is 11.2. The molecular formula is C44H31N3. The van der Waals surface area contributed by atoms with Crippen LogP contribution >= 0.6 is 0 Å². The lowest BCUT2D eigenvalue weighted by Gasteiger charge is -2.26. The van der Waals surface area contributed by atoms with Gasteiger partial charge in [-0.3, -0.25) is 4.98 Å². The van der Waals surface area contributed by atoms with E-state index in [1.165, 1.54) is 49.5 Å². The van der Waals surface area contributed by atoms with Crippen molar-refractivity contribution in [2.75, 3.05) is 0 Å². The third kappa shape index (κ3) is 4.31. The molecule has 6 aromatic carbocycles. The van der Waals surface area contributed by atoms with Crippen LogP contribution in [-0.4, -0.2) is 15.0 Å². The minimum absolute atomic E-state index is 0.172. The Bertz CT molecular complexity index is 2420. The zero-order chi connectivity index (χ0) is 31.5. The van der Waals surface area contributed by atoms with Crippen molar-refractivity contribution in [3.63, 3.8) is 0 Å². The minimum atomic E-state index is -0.172. The van der Waals surface area contributed by atoms with Crippen molar-refractivity contribution in [2.45, 2.75) is 19.3 Å². The average molecular weight is 602 g/mol. The Hall–Kier alpha value is -5.93. The van der Waals surface area contributed by atoms with Crippen molar-refractivity contribution in [1.82, 2.24) is 15.0 Å². The molecule has 3 nitrogen and oxygen atoms in total. The molecule has 0 saturated carbocycles. The first-order chi connectivity index (χ1) is 23.1. The summed E-state index contributed by atoms with van der Waals surface area (Å²) in [4.78, 5) is 14.5. The monoisotopic (exact) mass is 601 g/mol. The van der Waals surface area contributed by atoms with Gasteiger partial charge in [-0.05, 0) is 79.2 Å². The molecular weight excluding hydrogens is 571 g/mol. The molecule has 222 valence electrons. The quantitative estimate of drug-likeness (QED) is 0.201. The highest BCUT2D eigenvalue weighted by Gasteiger charge is 2.39. The fourth-order valence-electron chi connectivity index (χ4n) is 7.69. The highest BCUT2D eigenvalue weighted by molar-refractivity contribution is 6.07. The lowest BCUT2D eigenvalue weighted by atomic mass is 9.77. The van der Waals surface area contributed by atoms with Gasteiger partial charge in [0.15, 0.2) is 5.82 Å². The number of fused-ring (bicyclic) bond motifs is 6. The average Bonchev–Trinajstić information content (AvgIpc) is 3.38. The molecule has 0 unspecified atom stereocenters. The van der Waals surface area contributed by atoms with E-state index < -0.39 is 0 Å². The van der Waals surface area contributed by atoms with Crippen molar-refractivity contribution in [3.8, 4) is 56.2 Å². The van der Waals surface area contributed by atoms with E-state index in [0.29, 0.717) is 5.82 Å². The molecule has 0 radical (unpaired) electrons. The third-order valence-electron chi connectivity index (χ3n) is 9.76. The molecule has 3 heteroatoms. The molecule has 2 heterocycles. The standard InChI is InChI=1S/C44H31N3/c1-44(2)41-31-14-7-6-11-28(31)19-20-37(41)36-18-10-17-35(42(36)44)34-21-22-38(33-16-9-8-15-32(33)34)43-46-39(29-12-4-3-5-13-29)27-40(47-43)30-23-25-45-26-24-30/h3-27H,1-2H3. The van der Waals surface area contributed by atoms with E-state index in [-0.39, 0.29) is 5.41 Å². The van der Waals surface area contributed by atoms with Gasteiger partial charge in [-0.1, -0.05) is 129 Å². The van der Waals surface area contributed by atoms with E-state index in [0.717, 1.165) is 33.5 Å². The maximum absolute atomic E-state index is 5.16. The maximum atomic E-state index is 5.16. The van der Waals surface area contributed by atoms with E-state index in [9.17, 15) is 0 Å². The van der Waals surface area contributed by atoms with E-state index in [4.69, 9.17) is 9.97 Å². The summed E-state index contributed by atoms with van der Waals surface area (Å²) < 4.78 is 0. The normalized spacial score (nSPS) is 13.1. The highest BCUT2D eigenvalue weighted by atomic mass is 14.9. The lowest BCUT2D eigenvalue weighted by Crippen LogP contribution is -2.17. The molecule has 9 rings (SSSR count). The lowest BCUT2D eigenvalue weighted by molar-refractivity contribution is 0.668. The third-order valence-corrected chi connectivity index (χ3v) is 9.76. The van der Waals surface area contributed by atoms with Crippen LogP contribution in [0, 0.1) is 0 Å². The summed E-state index contributed by atoms with van der Waals surface area (Å²) in [6, 6.07) is 49.7. The van der Waals surface area contributed by atoms with Crippen LogP contribution in [0.25, 0.3) is 77.7 Å². The van der Waals surface area contributed by atoms with Crippen molar-refractivity contribution in [2.24, 2.45) is 0 Å². The molecule has 0 saturated heterocycles. The molecule has 0 fully saturated rings. The highest BCUT2D eigenvalue weighted by Crippen LogP contribution is 2.55. The van der Waals surface area contributed by atoms with Crippen LogP contribution in [0.15, 0.2) is 152 Å². The molecule has 0 bridgehead atoms. The molecule has 0 amide bonds. The van der Waals surface area contributed by atoms with Crippen LogP contribution < -0.4 is 0 Å². The first-order valence-electron chi connectivity index (χ1n) is 16.1. The fourth-order valence-corrected chi connectivity index (χ4v) is 7.69. The Morgan fingerprint density at radius 1 is 0.426 bits per heavy atom. The molecule has 1 aliphatic carbocycles. The number of pyridine rings is 1. The number of rotatable bonds is 4. The molecule has 0 atom stereocenters. The van der Waals surface area contributed by atoms with Crippen LogP contribution in [0.2, 0.25) is 0 Å². The van der Waals surface area contributed by atoms with Crippen LogP contribution in [0.4, 0.5) is 0 Å². The zero-order valence-electron chi connectivity index (χ0n) is 26.3. The van der Waals surface area contributed by atoms with Crippen molar-refractivity contribution >= 4 is 21.5 Å². The minimum Gasteiger partial charge on any atom is -0.265 e. The van der Waals surface area contributed by atoms with Crippen LogP contribution in [0.5, 0.6) is 0 Å². The van der Waals surface area contributed by atoms with E-state index in [2.05, 4.69) is 128 Å². The summed E-state index contributed by atoms with van der Waals surface area (Å²) in [5.41, 5.74) is 12.6. The van der Waals surface area contributed by atoms with E-state index in [1.54, 1.807) is 0 Å². The molecule has 2 aromatic heterocycles. The Kier molecular flexibility index (Phi) is 6.16. The Labute approximate surface area is 274 Å². The summed E-state index contributed by atoms with van der Waals surface area (Å²) in [6.07, 6.45) is 3.62. The Morgan fingerprint density at radius 2 is 0.979 bits per heavy atom. The van der Waals surface area contributed by atoms with Gasteiger partial charge in [-0.2, -0.15) is 0 Å². The van der Waals surface area contributed by atoms with Gasteiger partial charge < -0.3 is 0 Å². The number of benzene rings is 6. The van der Waals surface area contributed by atoms with E-state index >= 15 is 0 Å². The summed E-state index contributed by atoms with van der Waals surface area (Å²) >= 11 is 0. The summed E-state index contributed by atoms with van der Waals surface area (Å²) in [6.45, 7) is 4.77. The predicted molar refractivity (Wildman–Crippen MR) is 194 cm³/mol. The zero-order valence-corrected chi connectivity index (χ0v) is 26.3. The number of hydrogen-bond donors (Lipinski definition) is 0. The molecule has 0 N–H and O–H groups in total. The Morgan fingerprint density at radius 3 is 1.72 bits per heavy atom. The summed E-state index contributed by atoms with van der Waals surface area (Å²) in [5, 5.41) is 4.94. The number of nitrogens with zero attached hydrogens (tertiary/aromatic N) is 3. The molecule has 0 spiro atoms. The first-order valence-corrected chi connectivity index (χ1v) is 16.1. The van der Waals surface area contributed by atoms with Gasteiger partial charge in [-0.15, -0.1) is 0 Å². The largest absolute Gasteiger partial charge is 0.265 e. The van der Waals surface area contributed by atoms with Crippen LogP contribution in [0.1, 0.15) is 25.0 Å². The summed E-state index contributed by atoms with van der Waals surface area (Å²) in [7, 11) is 0. The van der Waals surface area contributed by atoms with Gasteiger partial charge in [0.2, 0.25) is 0 Å². The number of hydrogen-bond acceptors (Lipinski definition) is 3.